The number of benzene rings is 2. The van der Waals surface area contributed by atoms with Gasteiger partial charge in [0.2, 0.25) is 10.0 Å². The van der Waals surface area contributed by atoms with Gasteiger partial charge < -0.3 is 14.8 Å². The Morgan fingerprint density at radius 1 is 1.00 bits per heavy atom. The molecule has 2 aromatic rings. The van der Waals surface area contributed by atoms with Crippen molar-refractivity contribution < 1.29 is 22.7 Å². The predicted molar refractivity (Wildman–Crippen MR) is 119 cm³/mol. The predicted octanol–water partition coefficient (Wildman–Crippen LogP) is 3.42. The van der Waals surface area contributed by atoms with Crippen molar-refractivity contribution in [1.29, 1.82) is 0 Å². The first kappa shape index (κ1) is 21.8. The van der Waals surface area contributed by atoms with Crippen molar-refractivity contribution in [3.63, 3.8) is 0 Å². The van der Waals surface area contributed by atoms with Crippen molar-refractivity contribution in [3.8, 4) is 5.75 Å². The fraction of sp³-hybridized carbons (Fsp3) is 0.435. The van der Waals surface area contributed by atoms with Crippen molar-refractivity contribution in [3.05, 3.63) is 59.7 Å². The normalized spacial score (nSPS) is 18.1. The van der Waals surface area contributed by atoms with Crippen LogP contribution >= 0.6 is 0 Å². The zero-order valence-corrected chi connectivity index (χ0v) is 18.3. The molecule has 0 aromatic heterocycles. The quantitative estimate of drug-likeness (QED) is 0.707. The number of rotatable bonds is 7. The average molecular weight is 445 g/mol. The van der Waals surface area contributed by atoms with E-state index in [1.165, 1.54) is 17.1 Å². The Morgan fingerprint density at radius 3 is 2.29 bits per heavy atom. The van der Waals surface area contributed by atoms with Crippen LogP contribution in [0.1, 0.15) is 41.6 Å². The molecule has 8 heteroatoms. The highest BCUT2D eigenvalue weighted by molar-refractivity contribution is 7.88. The van der Waals surface area contributed by atoms with E-state index in [1.54, 1.807) is 24.3 Å². The van der Waals surface area contributed by atoms with Crippen molar-refractivity contribution in [1.82, 2.24) is 4.31 Å². The van der Waals surface area contributed by atoms with Gasteiger partial charge in [0.1, 0.15) is 5.75 Å². The minimum atomic E-state index is -3.39. The number of anilines is 1. The van der Waals surface area contributed by atoms with Crippen LogP contribution in [0.4, 0.5) is 5.69 Å². The van der Waals surface area contributed by atoms with E-state index in [2.05, 4.69) is 5.32 Å². The second-order valence-corrected chi connectivity index (χ2v) is 9.94. The van der Waals surface area contributed by atoms with Crippen LogP contribution in [0.15, 0.2) is 48.5 Å². The summed E-state index contributed by atoms with van der Waals surface area (Å²) in [6, 6.07) is 14.1. The summed E-state index contributed by atoms with van der Waals surface area (Å²) in [5.74, 6) is 0.486. The third kappa shape index (κ3) is 5.84. The van der Waals surface area contributed by atoms with E-state index >= 15 is 0 Å². The molecule has 1 N–H and O–H groups in total. The summed E-state index contributed by atoms with van der Waals surface area (Å²) in [5.41, 5.74) is 1.80. The van der Waals surface area contributed by atoms with E-state index in [0.29, 0.717) is 49.2 Å². The van der Waals surface area contributed by atoms with Gasteiger partial charge in [0.25, 0.3) is 5.91 Å². The highest BCUT2D eigenvalue weighted by atomic mass is 32.2. The molecular formula is C23H28N2O5S. The maximum absolute atomic E-state index is 12.5. The van der Waals surface area contributed by atoms with Crippen LogP contribution in [0.5, 0.6) is 5.75 Å². The van der Waals surface area contributed by atoms with E-state index in [-0.39, 0.29) is 11.7 Å². The number of morpholine rings is 1. The third-order valence-electron chi connectivity index (χ3n) is 5.65. The minimum absolute atomic E-state index is 0.0860. The standard InChI is InChI=1S/C23H28N2O5S/c26-23(24-20-9-11-22(12-10-20)30-21-3-1-2-4-21)19-7-5-18(6-8-19)17-31(27,28)25-13-15-29-16-14-25/h5-12,21H,1-4,13-17H2,(H,24,26). The Kier molecular flexibility index (Phi) is 6.89. The zero-order valence-electron chi connectivity index (χ0n) is 17.5. The SMILES string of the molecule is O=C(Nc1ccc(OC2CCCC2)cc1)c1ccc(CS(=O)(=O)N2CCOCC2)cc1. The Hall–Kier alpha value is -2.42. The number of sulfonamides is 1. The lowest BCUT2D eigenvalue weighted by Gasteiger charge is -2.26. The Morgan fingerprint density at radius 2 is 1.65 bits per heavy atom. The molecule has 1 saturated carbocycles. The van der Waals surface area contributed by atoms with Crippen molar-refractivity contribution in [2.75, 3.05) is 31.6 Å². The van der Waals surface area contributed by atoms with Gasteiger partial charge in [-0.3, -0.25) is 4.79 Å². The molecule has 31 heavy (non-hydrogen) atoms. The summed E-state index contributed by atoms with van der Waals surface area (Å²) in [4.78, 5) is 12.5. The Bertz CT molecular complexity index is 978. The molecule has 1 aliphatic carbocycles. The molecule has 1 aliphatic heterocycles. The molecule has 0 spiro atoms. The zero-order chi connectivity index (χ0) is 21.7. The highest BCUT2D eigenvalue weighted by Gasteiger charge is 2.24. The maximum atomic E-state index is 12.5. The topological polar surface area (TPSA) is 84.9 Å². The van der Waals surface area contributed by atoms with Gasteiger partial charge in [-0.15, -0.1) is 0 Å². The first-order chi connectivity index (χ1) is 15.0. The van der Waals surface area contributed by atoms with E-state index in [9.17, 15) is 13.2 Å². The second kappa shape index (κ2) is 9.80. The van der Waals surface area contributed by atoms with E-state index < -0.39 is 10.0 Å². The number of ether oxygens (including phenoxy) is 2. The lowest BCUT2D eigenvalue weighted by molar-refractivity contribution is 0.0729. The molecule has 0 bridgehead atoms. The fourth-order valence-corrected chi connectivity index (χ4v) is 5.40. The van der Waals surface area contributed by atoms with Crippen LogP contribution in [-0.4, -0.2) is 51.0 Å². The van der Waals surface area contributed by atoms with Crippen LogP contribution in [0.3, 0.4) is 0 Å². The van der Waals surface area contributed by atoms with Gasteiger partial charge in [0.05, 0.1) is 25.1 Å². The highest BCUT2D eigenvalue weighted by Crippen LogP contribution is 2.25. The molecule has 7 nitrogen and oxygen atoms in total. The van der Waals surface area contributed by atoms with E-state index in [1.807, 2.05) is 24.3 Å². The summed E-state index contributed by atoms with van der Waals surface area (Å²) < 4.78 is 37.7. The van der Waals surface area contributed by atoms with Gasteiger partial charge in [0.15, 0.2) is 0 Å². The van der Waals surface area contributed by atoms with E-state index in [4.69, 9.17) is 9.47 Å². The molecule has 0 atom stereocenters. The molecule has 1 heterocycles. The number of carbonyl (C=O) groups is 1. The monoisotopic (exact) mass is 444 g/mol. The van der Waals surface area contributed by atoms with Crippen LogP contribution in [0.25, 0.3) is 0 Å². The Balaban J connectivity index is 1.32. The summed E-state index contributed by atoms with van der Waals surface area (Å²) in [5, 5.41) is 2.86. The van der Waals surface area contributed by atoms with Gasteiger partial charge >= 0.3 is 0 Å². The number of hydrogen-bond acceptors (Lipinski definition) is 5. The van der Waals surface area contributed by atoms with Crippen molar-refractivity contribution in [2.24, 2.45) is 0 Å². The number of nitrogens with one attached hydrogen (secondary N) is 1. The average Bonchev–Trinajstić information content (AvgIpc) is 3.29. The summed E-state index contributed by atoms with van der Waals surface area (Å²) >= 11 is 0. The molecular weight excluding hydrogens is 416 g/mol. The lowest BCUT2D eigenvalue weighted by atomic mass is 10.1. The van der Waals surface area contributed by atoms with E-state index in [0.717, 1.165) is 18.6 Å². The molecule has 0 radical (unpaired) electrons. The lowest BCUT2D eigenvalue weighted by Crippen LogP contribution is -2.41. The molecule has 1 amide bonds. The van der Waals surface area contributed by atoms with Gasteiger partial charge in [-0.25, -0.2) is 8.42 Å². The molecule has 2 aromatic carbocycles. The second-order valence-electron chi connectivity index (χ2n) is 7.97. The van der Waals surface area contributed by atoms with Crippen molar-refractivity contribution >= 4 is 21.6 Å². The molecule has 2 fully saturated rings. The molecule has 0 unspecified atom stereocenters. The number of amides is 1. The van der Waals surface area contributed by atoms with Crippen LogP contribution in [-0.2, 0) is 20.5 Å². The fourth-order valence-electron chi connectivity index (χ4n) is 3.90. The molecule has 2 aliphatic rings. The number of carbonyl (C=O) groups excluding carboxylic acids is 1. The largest absolute Gasteiger partial charge is 0.490 e. The van der Waals surface area contributed by atoms with Crippen LogP contribution < -0.4 is 10.1 Å². The van der Waals surface area contributed by atoms with Crippen molar-refractivity contribution in [2.45, 2.75) is 37.5 Å². The molecule has 1 saturated heterocycles. The molecule has 166 valence electrons. The maximum Gasteiger partial charge on any atom is 0.255 e. The number of nitrogens with zero attached hydrogens (tertiary/aromatic N) is 1. The van der Waals surface area contributed by atoms with Crippen LogP contribution in [0, 0.1) is 0 Å². The summed E-state index contributed by atoms with van der Waals surface area (Å²) in [6.45, 7) is 1.61. The number of hydrogen-bond donors (Lipinski definition) is 1. The Labute approximate surface area is 183 Å². The molecule has 4 rings (SSSR count). The van der Waals surface area contributed by atoms with Gasteiger partial charge in [-0.05, 0) is 67.6 Å². The van der Waals surface area contributed by atoms with Gasteiger partial charge in [-0.2, -0.15) is 4.31 Å². The summed E-state index contributed by atoms with van der Waals surface area (Å²) in [6.07, 6.45) is 4.93. The van der Waals surface area contributed by atoms with Gasteiger partial charge in [0, 0.05) is 24.3 Å². The van der Waals surface area contributed by atoms with Crippen LogP contribution in [0.2, 0.25) is 0 Å². The first-order valence-electron chi connectivity index (χ1n) is 10.7. The van der Waals surface area contributed by atoms with Gasteiger partial charge in [-0.1, -0.05) is 12.1 Å². The third-order valence-corrected chi connectivity index (χ3v) is 7.50. The smallest absolute Gasteiger partial charge is 0.255 e. The minimum Gasteiger partial charge on any atom is -0.490 e. The summed E-state index contributed by atoms with van der Waals surface area (Å²) in [7, 11) is -3.39. The first-order valence-corrected chi connectivity index (χ1v) is 12.3.